The highest BCUT2D eigenvalue weighted by Gasteiger charge is 2.07. The Morgan fingerprint density at radius 1 is 1.33 bits per heavy atom. The predicted molar refractivity (Wildman–Crippen MR) is 64.9 cm³/mol. The molecule has 0 bridgehead atoms. The van der Waals surface area contributed by atoms with Crippen LogP contribution in [0.3, 0.4) is 0 Å². The molecule has 18 heavy (non-hydrogen) atoms. The summed E-state index contributed by atoms with van der Waals surface area (Å²) in [5, 5.41) is 0. The molecule has 1 amide bonds. The summed E-state index contributed by atoms with van der Waals surface area (Å²) in [5.74, 6) is -0.523. The number of aliphatic imine (C=N–C) groups is 1. The van der Waals surface area contributed by atoms with Gasteiger partial charge in [-0.15, -0.1) is 0 Å². The number of ether oxygens (including phenoxy) is 1. The van der Waals surface area contributed by atoms with Crippen molar-refractivity contribution >= 4 is 18.3 Å². The molecule has 0 fully saturated rings. The molecule has 0 saturated carbocycles. The lowest BCUT2D eigenvalue weighted by atomic mass is 10.2. The Morgan fingerprint density at radius 3 is 2.72 bits per heavy atom. The van der Waals surface area contributed by atoms with Gasteiger partial charge in [-0.05, 0) is 18.7 Å². The Hall–Kier alpha value is -2.37. The smallest absolute Gasteiger partial charge is 0.428 e. The normalized spacial score (nSPS) is 10.1. The van der Waals surface area contributed by atoms with Crippen molar-refractivity contribution < 1.29 is 19.2 Å². The van der Waals surface area contributed by atoms with Gasteiger partial charge in [0.2, 0.25) is 0 Å². The van der Waals surface area contributed by atoms with Crippen molar-refractivity contribution in [2.45, 2.75) is 13.5 Å². The van der Waals surface area contributed by atoms with E-state index in [9.17, 15) is 9.59 Å². The predicted octanol–water partition coefficient (Wildman–Crippen LogP) is 1.46. The second kappa shape index (κ2) is 7.83. The molecule has 1 aromatic rings. The average molecular weight is 250 g/mol. The maximum absolute atomic E-state index is 11.1. The number of rotatable bonds is 4. The molecule has 0 atom stereocenters. The highest BCUT2D eigenvalue weighted by molar-refractivity contribution is 5.79. The third kappa shape index (κ3) is 5.64. The topological polar surface area (TPSA) is 77.0 Å². The Kier molecular flexibility index (Phi) is 5.96. The van der Waals surface area contributed by atoms with Crippen LogP contribution >= 0.6 is 0 Å². The van der Waals surface area contributed by atoms with E-state index in [0.717, 1.165) is 5.56 Å². The van der Waals surface area contributed by atoms with Crippen molar-refractivity contribution in [2.24, 2.45) is 4.99 Å². The Balaban J connectivity index is 2.20. The van der Waals surface area contributed by atoms with Crippen molar-refractivity contribution in [2.75, 3.05) is 6.54 Å². The quantitative estimate of drug-likeness (QED) is 0.498. The molecule has 1 N–H and O–H groups in total. The molecule has 1 aromatic carbocycles. The molecule has 96 valence electrons. The zero-order valence-corrected chi connectivity index (χ0v) is 9.96. The molecule has 0 aromatic heterocycles. The molecule has 0 spiro atoms. The van der Waals surface area contributed by atoms with E-state index in [1.165, 1.54) is 6.21 Å². The maximum atomic E-state index is 11.1. The van der Waals surface area contributed by atoms with Crippen molar-refractivity contribution in [1.82, 2.24) is 5.48 Å². The van der Waals surface area contributed by atoms with E-state index in [0.29, 0.717) is 0 Å². The second-order valence-corrected chi connectivity index (χ2v) is 3.25. The number of carbonyl (C=O) groups excluding carboxylic acids is 2. The first-order chi connectivity index (χ1) is 8.72. The van der Waals surface area contributed by atoms with Gasteiger partial charge in [0.25, 0.3) is 5.91 Å². The zero-order valence-electron chi connectivity index (χ0n) is 9.96. The highest BCUT2D eigenvalue weighted by atomic mass is 16.8. The lowest BCUT2D eigenvalue weighted by Crippen LogP contribution is -2.29. The summed E-state index contributed by atoms with van der Waals surface area (Å²) in [6.07, 6.45) is 0.514. The molecule has 0 unspecified atom stereocenters. The minimum atomic E-state index is -0.965. The number of nitrogens with zero attached hydrogens (tertiary/aromatic N) is 1. The van der Waals surface area contributed by atoms with Gasteiger partial charge in [0, 0.05) is 0 Å². The van der Waals surface area contributed by atoms with Crippen LogP contribution in [0.1, 0.15) is 12.5 Å². The average Bonchev–Trinajstić information content (AvgIpc) is 2.41. The lowest BCUT2D eigenvalue weighted by molar-refractivity contribution is -0.129. The number of amides is 1. The van der Waals surface area contributed by atoms with Gasteiger partial charge in [0.05, 0.1) is 0 Å². The first kappa shape index (κ1) is 13.7. The second-order valence-electron chi connectivity index (χ2n) is 3.25. The van der Waals surface area contributed by atoms with Gasteiger partial charge in [-0.2, -0.15) is 5.48 Å². The van der Waals surface area contributed by atoms with Gasteiger partial charge >= 0.3 is 6.16 Å². The Morgan fingerprint density at radius 2 is 2.06 bits per heavy atom. The molecule has 0 aliphatic rings. The third-order valence-electron chi connectivity index (χ3n) is 1.87. The highest BCUT2D eigenvalue weighted by Crippen LogP contribution is 2.00. The number of benzene rings is 1. The zero-order chi connectivity index (χ0) is 13.2. The molecule has 0 saturated heterocycles. The summed E-state index contributed by atoms with van der Waals surface area (Å²) in [7, 11) is 0. The molecule has 0 aliphatic heterocycles. The summed E-state index contributed by atoms with van der Waals surface area (Å²) >= 11 is 0. The van der Waals surface area contributed by atoms with Gasteiger partial charge in [-0.3, -0.25) is 9.79 Å². The summed E-state index contributed by atoms with van der Waals surface area (Å²) in [4.78, 5) is 30.2. The van der Waals surface area contributed by atoms with Gasteiger partial charge in [0.15, 0.2) is 0 Å². The van der Waals surface area contributed by atoms with Crippen LogP contribution in [0, 0.1) is 0 Å². The van der Waals surface area contributed by atoms with E-state index in [-0.39, 0.29) is 13.2 Å². The number of hydrogen-bond donors (Lipinski definition) is 1. The molecule has 0 heterocycles. The molecule has 0 radical (unpaired) electrons. The Bertz CT molecular complexity index is 417. The van der Waals surface area contributed by atoms with Crippen molar-refractivity contribution in [1.29, 1.82) is 0 Å². The van der Waals surface area contributed by atoms with Crippen LogP contribution in [0.4, 0.5) is 4.79 Å². The minimum Gasteiger partial charge on any atom is -0.428 e. The summed E-state index contributed by atoms with van der Waals surface area (Å²) in [6.45, 7) is 1.67. The molecular formula is C12H14N2O4. The van der Waals surface area contributed by atoms with Crippen LogP contribution in [-0.4, -0.2) is 24.8 Å². The van der Waals surface area contributed by atoms with Crippen LogP contribution in [0.25, 0.3) is 0 Å². The molecular weight excluding hydrogens is 236 g/mol. The first-order valence-electron chi connectivity index (χ1n) is 5.33. The standard InChI is InChI=1S/C12H14N2O4/c1-2-13-8-11(15)14-18-12(16)17-9-10-6-4-3-5-7-10/h2-7H,8-9H2,1H3,(H,14,15). The summed E-state index contributed by atoms with van der Waals surface area (Å²) in [6, 6.07) is 9.13. The summed E-state index contributed by atoms with van der Waals surface area (Å²) in [5.41, 5.74) is 2.76. The number of hydrogen-bond acceptors (Lipinski definition) is 5. The fourth-order valence-electron chi connectivity index (χ4n) is 1.05. The van der Waals surface area contributed by atoms with Crippen molar-refractivity contribution in [3.05, 3.63) is 35.9 Å². The number of carbonyl (C=O) groups is 2. The molecule has 6 heteroatoms. The SMILES string of the molecule is CC=NCC(=O)NOC(=O)OCc1ccccc1. The Labute approximate surface area is 105 Å². The van der Waals surface area contributed by atoms with Gasteiger partial charge < -0.3 is 9.57 Å². The van der Waals surface area contributed by atoms with Crippen molar-refractivity contribution in [3.8, 4) is 0 Å². The lowest BCUT2D eigenvalue weighted by Gasteiger charge is -2.05. The van der Waals surface area contributed by atoms with Crippen LogP contribution in [-0.2, 0) is 21.0 Å². The summed E-state index contributed by atoms with van der Waals surface area (Å²) < 4.78 is 4.77. The van der Waals surface area contributed by atoms with Crippen LogP contribution in [0.5, 0.6) is 0 Å². The van der Waals surface area contributed by atoms with Gasteiger partial charge in [0.1, 0.15) is 13.2 Å². The fourth-order valence-corrected chi connectivity index (χ4v) is 1.05. The van der Waals surface area contributed by atoms with E-state index in [2.05, 4.69) is 9.83 Å². The monoisotopic (exact) mass is 250 g/mol. The minimum absolute atomic E-state index is 0.0860. The van der Waals surface area contributed by atoms with E-state index in [1.807, 2.05) is 35.8 Å². The first-order valence-corrected chi connectivity index (χ1v) is 5.33. The van der Waals surface area contributed by atoms with Gasteiger partial charge in [-0.25, -0.2) is 4.79 Å². The maximum Gasteiger partial charge on any atom is 0.533 e. The largest absolute Gasteiger partial charge is 0.533 e. The third-order valence-corrected chi connectivity index (χ3v) is 1.87. The van der Waals surface area contributed by atoms with E-state index in [4.69, 9.17) is 4.74 Å². The van der Waals surface area contributed by atoms with Gasteiger partial charge in [-0.1, -0.05) is 30.3 Å². The fraction of sp³-hybridized carbons (Fsp3) is 0.250. The van der Waals surface area contributed by atoms with Crippen LogP contribution in [0.2, 0.25) is 0 Å². The van der Waals surface area contributed by atoms with E-state index < -0.39 is 12.1 Å². The molecule has 6 nitrogen and oxygen atoms in total. The molecule has 0 aliphatic carbocycles. The number of hydroxylamine groups is 1. The van der Waals surface area contributed by atoms with Crippen LogP contribution < -0.4 is 5.48 Å². The van der Waals surface area contributed by atoms with E-state index >= 15 is 0 Å². The molecule has 1 rings (SSSR count). The van der Waals surface area contributed by atoms with Crippen molar-refractivity contribution in [3.63, 3.8) is 0 Å². The van der Waals surface area contributed by atoms with Crippen LogP contribution in [0.15, 0.2) is 35.3 Å². The number of nitrogens with one attached hydrogen (secondary N) is 1. The van der Waals surface area contributed by atoms with E-state index in [1.54, 1.807) is 6.92 Å².